The van der Waals surface area contributed by atoms with Gasteiger partial charge in [-0.1, -0.05) is 35.6 Å². The molecule has 2 heterocycles. The molecule has 0 unspecified atom stereocenters. The highest BCUT2D eigenvalue weighted by Gasteiger charge is 2.34. The minimum atomic E-state index is -0.980. The maximum Gasteiger partial charge on any atom is 0.338 e. The van der Waals surface area contributed by atoms with Crippen molar-refractivity contribution in [2.75, 3.05) is 13.7 Å². The van der Waals surface area contributed by atoms with Crippen molar-refractivity contribution in [2.45, 2.75) is 46.4 Å². The number of esters is 1. The molecule has 1 aromatic heterocycles. The molecule has 244 valence electrons. The average Bonchev–Trinajstić information content (AvgIpc) is 3.33. The summed E-state index contributed by atoms with van der Waals surface area (Å²) in [6, 6.07) is 16.7. The predicted molar refractivity (Wildman–Crippen MR) is 186 cm³/mol. The summed E-state index contributed by atoms with van der Waals surface area (Å²) in [5, 5.41) is 9.11. The molecule has 12 heteroatoms. The highest BCUT2D eigenvalue weighted by molar-refractivity contribution is 14.1. The summed E-state index contributed by atoms with van der Waals surface area (Å²) in [5.41, 5.74) is 2.93. The Morgan fingerprint density at radius 1 is 1.06 bits per heavy atom. The fourth-order valence-corrected chi connectivity index (χ4v) is 6.83. The normalized spacial score (nSPS) is 14.4. The van der Waals surface area contributed by atoms with Crippen LogP contribution < -0.4 is 29.1 Å². The van der Waals surface area contributed by atoms with Crippen molar-refractivity contribution in [2.24, 2.45) is 4.99 Å². The van der Waals surface area contributed by atoms with Crippen LogP contribution in [0, 0.1) is 3.57 Å². The number of aromatic carboxylic acids is 1. The number of benzene rings is 3. The Balaban J connectivity index is 1.51. The Morgan fingerprint density at radius 3 is 2.43 bits per heavy atom. The van der Waals surface area contributed by atoms with Crippen LogP contribution in [0.1, 0.15) is 60.8 Å². The first kappa shape index (κ1) is 33.9. The van der Waals surface area contributed by atoms with Crippen molar-refractivity contribution < 1.29 is 33.6 Å². The molecular formula is C35H33IN2O8S. The Bertz CT molecular complexity index is 2050. The monoisotopic (exact) mass is 768 g/mol. The zero-order valence-electron chi connectivity index (χ0n) is 26.4. The van der Waals surface area contributed by atoms with Gasteiger partial charge in [-0.05, 0) is 109 Å². The fourth-order valence-electron chi connectivity index (χ4n) is 5.09. The Labute approximate surface area is 288 Å². The number of hydrogen-bond acceptors (Lipinski definition) is 9. The molecule has 1 N–H and O–H groups in total. The molecule has 47 heavy (non-hydrogen) atoms. The number of thiazole rings is 1. The third-order valence-electron chi connectivity index (χ3n) is 7.23. The number of carbonyl (C=O) groups excluding carboxylic acids is 1. The predicted octanol–water partition coefficient (Wildman–Crippen LogP) is 5.48. The standard InChI is InChI=1S/C35H33IN2O8S/c1-6-44-34(42)30-20(4)37-35-38(31(30)24-12-14-27(46-19(2)3)28(17-24)43-5)32(39)29(47-35)16-22-9-13-26(25(36)15-22)45-18-21-7-10-23(11-8-21)33(40)41/h7-17,19,31H,6,18H2,1-5H3,(H,40,41)/b29-16-/t31-/m0/s1. The number of ether oxygens (including phenoxy) is 4. The summed E-state index contributed by atoms with van der Waals surface area (Å²) >= 11 is 3.42. The minimum absolute atomic E-state index is 0.0776. The largest absolute Gasteiger partial charge is 0.493 e. The van der Waals surface area contributed by atoms with Crippen molar-refractivity contribution in [1.82, 2.24) is 4.57 Å². The van der Waals surface area contributed by atoms with E-state index in [2.05, 4.69) is 27.6 Å². The number of aromatic nitrogens is 1. The molecule has 5 rings (SSSR count). The zero-order valence-corrected chi connectivity index (χ0v) is 29.4. The third kappa shape index (κ3) is 7.43. The van der Waals surface area contributed by atoms with Crippen molar-refractivity contribution in [3.8, 4) is 17.2 Å². The molecule has 1 aliphatic rings. The first-order chi connectivity index (χ1) is 22.5. The van der Waals surface area contributed by atoms with Gasteiger partial charge in [0.25, 0.3) is 5.56 Å². The smallest absolute Gasteiger partial charge is 0.338 e. The van der Waals surface area contributed by atoms with E-state index in [9.17, 15) is 14.4 Å². The summed E-state index contributed by atoms with van der Waals surface area (Å²) in [7, 11) is 1.54. The summed E-state index contributed by atoms with van der Waals surface area (Å²) in [4.78, 5) is 43.6. The maximum atomic E-state index is 14.1. The van der Waals surface area contributed by atoms with Gasteiger partial charge in [0.05, 0.1) is 50.8 Å². The molecule has 3 aromatic carbocycles. The van der Waals surface area contributed by atoms with Gasteiger partial charge in [0, 0.05) is 0 Å². The number of fused-ring (bicyclic) bond motifs is 1. The van der Waals surface area contributed by atoms with Gasteiger partial charge in [-0.3, -0.25) is 9.36 Å². The molecule has 0 amide bonds. The molecule has 0 aliphatic carbocycles. The summed E-state index contributed by atoms with van der Waals surface area (Å²) in [6.07, 6.45) is 1.72. The van der Waals surface area contributed by atoms with Crippen LogP contribution in [0.25, 0.3) is 6.08 Å². The molecule has 0 saturated heterocycles. The minimum Gasteiger partial charge on any atom is -0.493 e. The quantitative estimate of drug-likeness (QED) is 0.157. The zero-order chi connectivity index (χ0) is 33.8. The number of carboxylic acid groups (broad SMARTS) is 1. The van der Waals surface area contributed by atoms with Gasteiger partial charge in [0.2, 0.25) is 0 Å². The SMILES string of the molecule is CCOC(=O)C1=C(C)N=c2s/c(=C\c3ccc(OCc4ccc(C(=O)O)cc4)c(I)c3)c(=O)n2[C@H]1c1ccc(OC(C)C)c(OC)c1. The van der Waals surface area contributed by atoms with Gasteiger partial charge in [-0.15, -0.1) is 0 Å². The van der Waals surface area contributed by atoms with E-state index in [1.54, 1.807) is 63.4 Å². The van der Waals surface area contributed by atoms with Crippen molar-refractivity contribution in [3.05, 3.63) is 117 Å². The third-order valence-corrected chi connectivity index (χ3v) is 9.06. The molecule has 0 spiro atoms. The van der Waals surface area contributed by atoms with Crippen LogP contribution in [0.3, 0.4) is 0 Å². The van der Waals surface area contributed by atoms with Gasteiger partial charge in [0.15, 0.2) is 16.3 Å². The van der Waals surface area contributed by atoms with E-state index in [0.717, 1.165) is 14.7 Å². The number of hydrogen-bond donors (Lipinski definition) is 1. The molecular weight excluding hydrogens is 735 g/mol. The van der Waals surface area contributed by atoms with Crippen LogP contribution in [0.15, 0.2) is 81.7 Å². The van der Waals surface area contributed by atoms with E-state index in [1.165, 1.54) is 15.9 Å². The second-order valence-corrected chi connectivity index (χ2v) is 13.0. The number of methoxy groups -OCH3 is 1. The lowest BCUT2D eigenvalue weighted by molar-refractivity contribution is -0.139. The van der Waals surface area contributed by atoms with Crippen LogP contribution in [0.4, 0.5) is 0 Å². The fraction of sp³-hybridized carbons (Fsp3) is 0.257. The number of rotatable bonds is 11. The van der Waals surface area contributed by atoms with E-state index in [0.29, 0.717) is 37.8 Å². The lowest BCUT2D eigenvalue weighted by Crippen LogP contribution is -2.40. The maximum absolute atomic E-state index is 14.1. The van der Waals surface area contributed by atoms with Gasteiger partial charge in [0.1, 0.15) is 12.4 Å². The van der Waals surface area contributed by atoms with E-state index >= 15 is 0 Å². The van der Waals surface area contributed by atoms with Crippen LogP contribution in [0.2, 0.25) is 0 Å². The lowest BCUT2D eigenvalue weighted by Gasteiger charge is -2.25. The number of carboxylic acids is 1. The molecule has 10 nitrogen and oxygen atoms in total. The van der Waals surface area contributed by atoms with Gasteiger partial charge >= 0.3 is 11.9 Å². The Kier molecular flexibility index (Phi) is 10.5. The van der Waals surface area contributed by atoms with Crippen molar-refractivity contribution in [3.63, 3.8) is 0 Å². The summed E-state index contributed by atoms with van der Waals surface area (Å²) < 4.78 is 25.7. The Hall–Kier alpha value is -4.43. The van der Waals surface area contributed by atoms with E-state index in [-0.39, 0.29) is 36.0 Å². The summed E-state index contributed by atoms with van der Waals surface area (Å²) in [5.74, 6) is 0.157. The highest BCUT2D eigenvalue weighted by Crippen LogP contribution is 2.36. The highest BCUT2D eigenvalue weighted by atomic mass is 127. The molecule has 0 fully saturated rings. The molecule has 1 aliphatic heterocycles. The molecule has 4 aromatic rings. The van der Waals surface area contributed by atoms with Crippen LogP contribution in [0.5, 0.6) is 17.2 Å². The van der Waals surface area contributed by atoms with E-state index < -0.39 is 18.0 Å². The van der Waals surface area contributed by atoms with Crippen molar-refractivity contribution in [1.29, 1.82) is 0 Å². The molecule has 0 radical (unpaired) electrons. The topological polar surface area (TPSA) is 126 Å². The number of halogens is 1. The number of carbonyl (C=O) groups is 2. The number of nitrogens with zero attached hydrogens (tertiary/aromatic N) is 2. The van der Waals surface area contributed by atoms with E-state index in [1.807, 2.05) is 38.1 Å². The Morgan fingerprint density at radius 2 is 1.79 bits per heavy atom. The van der Waals surface area contributed by atoms with Crippen LogP contribution >= 0.6 is 33.9 Å². The summed E-state index contributed by atoms with van der Waals surface area (Å²) in [6.45, 7) is 7.75. The van der Waals surface area contributed by atoms with Gasteiger partial charge in [-0.25, -0.2) is 14.6 Å². The van der Waals surface area contributed by atoms with E-state index in [4.69, 9.17) is 24.1 Å². The second-order valence-electron chi connectivity index (χ2n) is 10.9. The first-order valence-electron chi connectivity index (χ1n) is 14.8. The first-order valence-corrected chi connectivity index (χ1v) is 16.7. The van der Waals surface area contributed by atoms with Gasteiger partial charge < -0.3 is 24.1 Å². The second kappa shape index (κ2) is 14.6. The van der Waals surface area contributed by atoms with Crippen molar-refractivity contribution >= 4 is 51.9 Å². The average molecular weight is 769 g/mol. The van der Waals surface area contributed by atoms with Crippen LogP contribution in [-0.4, -0.2) is 41.4 Å². The van der Waals surface area contributed by atoms with Crippen LogP contribution in [-0.2, 0) is 16.1 Å². The number of allylic oxidation sites excluding steroid dienone is 1. The molecule has 0 saturated carbocycles. The molecule has 0 bridgehead atoms. The lowest BCUT2D eigenvalue weighted by atomic mass is 9.95. The van der Waals surface area contributed by atoms with Gasteiger partial charge in [-0.2, -0.15) is 0 Å². The molecule has 1 atom stereocenters.